The summed E-state index contributed by atoms with van der Waals surface area (Å²) in [4.78, 5) is 0. The Balaban J connectivity index is 1.81. The Labute approximate surface area is 68.6 Å². The van der Waals surface area contributed by atoms with Crippen molar-refractivity contribution in [3.8, 4) is 0 Å². The van der Waals surface area contributed by atoms with E-state index in [-0.39, 0.29) is 6.10 Å². The average Bonchev–Trinajstić information content (AvgIpc) is 1.94. The average molecular weight is 158 g/mol. The molecule has 0 aliphatic heterocycles. The van der Waals surface area contributed by atoms with Gasteiger partial charge in [0.15, 0.2) is 0 Å². The van der Waals surface area contributed by atoms with E-state index in [9.17, 15) is 0 Å². The first kappa shape index (κ1) is 9.01. The standard InChI is InChI=1S/C9H18O2/c1-2-3-4-11-7-8-5-9(10)6-8/h8-10H,2-7H2,1H3. The van der Waals surface area contributed by atoms with Crippen LogP contribution in [0.5, 0.6) is 0 Å². The van der Waals surface area contributed by atoms with Crippen LogP contribution in [0.4, 0.5) is 0 Å². The van der Waals surface area contributed by atoms with Gasteiger partial charge in [0.1, 0.15) is 0 Å². The summed E-state index contributed by atoms with van der Waals surface area (Å²) in [6, 6.07) is 0. The zero-order valence-corrected chi connectivity index (χ0v) is 7.25. The summed E-state index contributed by atoms with van der Waals surface area (Å²) in [6.07, 6.45) is 4.23. The molecule has 0 amide bonds. The molecule has 0 radical (unpaired) electrons. The first-order valence-electron chi connectivity index (χ1n) is 4.58. The molecule has 0 unspecified atom stereocenters. The minimum atomic E-state index is -0.0326. The summed E-state index contributed by atoms with van der Waals surface area (Å²) in [7, 11) is 0. The van der Waals surface area contributed by atoms with E-state index in [1.807, 2.05) is 0 Å². The van der Waals surface area contributed by atoms with E-state index in [2.05, 4.69) is 6.92 Å². The van der Waals surface area contributed by atoms with Crippen molar-refractivity contribution in [1.82, 2.24) is 0 Å². The van der Waals surface area contributed by atoms with Gasteiger partial charge < -0.3 is 9.84 Å². The number of unbranched alkanes of at least 4 members (excludes halogenated alkanes) is 1. The number of aliphatic hydroxyl groups is 1. The van der Waals surface area contributed by atoms with E-state index < -0.39 is 0 Å². The third-order valence-electron chi connectivity index (χ3n) is 2.21. The molecule has 0 spiro atoms. The van der Waals surface area contributed by atoms with E-state index in [0.29, 0.717) is 5.92 Å². The molecule has 0 aromatic rings. The lowest BCUT2D eigenvalue weighted by Crippen LogP contribution is -2.31. The second kappa shape index (κ2) is 4.73. The summed E-state index contributed by atoms with van der Waals surface area (Å²) in [5.41, 5.74) is 0. The Kier molecular flexibility index (Phi) is 3.87. The van der Waals surface area contributed by atoms with Gasteiger partial charge in [0.05, 0.1) is 6.10 Å². The molecule has 1 saturated carbocycles. The van der Waals surface area contributed by atoms with E-state index in [0.717, 1.165) is 32.5 Å². The predicted octanol–water partition coefficient (Wildman–Crippen LogP) is 1.57. The molecule has 0 aromatic heterocycles. The van der Waals surface area contributed by atoms with Gasteiger partial charge in [-0.2, -0.15) is 0 Å². The van der Waals surface area contributed by atoms with Crippen molar-refractivity contribution in [2.75, 3.05) is 13.2 Å². The van der Waals surface area contributed by atoms with Gasteiger partial charge in [-0.1, -0.05) is 13.3 Å². The van der Waals surface area contributed by atoms with Crippen molar-refractivity contribution in [2.45, 2.75) is 38.7 Å². The molecule has 0 aromatic carbocycles. The minimum Gasteiger partial charge on any atom is -0.393 e. The molecule has 1 aliphatic rings. The molecule has 0 bridgehead atoms. The maximum absolute atomic E-state index is 8.97. The first-order valence-corrected chi connectivity index (χ1v) is 4.58. The zero-order chi connectivity index (χ0) is 8.10. The van der Waals surface area contributed by atoms with Crippen LogP contribution in [-0.4, -0.2) is 24.4 Å². The van der Waals surface area contributed by atoms with Gasteiger partial charge in [-0.3, -0.25) is 0 Å². The summed E-state index contributed by atoms with van der Waals surface area (Å²) >= 11 is 0. The van der Waals surface area contributed by atoms with E-state index in [4.69, 9.17) is 9.84 Å². The molecule has 1 rings (SSSR count). The van der Waals surface area contributed by atoms with Gasteiger partial charge >= 0.3 is 0 Å². The highest BCUT2D eigenvalue weighted by atomic mass is 16.5. The molecule has 0 saturated heterocycles. The topological polar surface area (TPSA) is 29.5 Å². The number of aliphatic hydroxyl groups excluding tert-OH is 1. The van der Waals surface area contributed by atoms with Gasteiger partial charge in [-0.25, -0.2) is 0 Å². The van der Waals surface area contributed by atoms with Crippen LogP contribution in [0.2, 0.25) is 0 Å². The van der Waals surface area contributed by atoms with Gasteiger partial charge in [-0.15, -0.1) is 0 Å². The lowest BCUT2D eigenvalue weighted by atomic mass is 9.83. The van der Waals surface area contributed by atoms with Crippen LogP contribution < -0.4 is 0 Å². The van der Waals surface area contributed by atoms with Crippen LogP contribution >= 0.6 is 0 Å². The molecule has 1 fully saturated rings. The lowest BCUT2D eigenvalue weighted by molar-refractivity contribution is -0.0104. The van der Waals surface area contributed by atoms with E-state index in [1.165, 1.54) is 6.42 Å². The number of hydrogen-bond donors (Lipinski definition) is 1. The Hall–Kier alpha value is -0.0800. The van der Waals surface area contributed by atoms with Crippen LogP contribution in [0.3, 0.4) is 0 Å². The van der Waals surface area contributed by atoms with Crippen LogP contribution in [0.1, 0.15) is 32.6 Å². The molecule has 11 heavy (non-hydrogen) atoms. The molecule has 0 atom stereocenters. The smallest absolute Gasteiger partial charge is 0.0547 e. The Morgan fingerprint density at radius 3 is 2.73 bits per heavy atom. The molecule has 66 valence electrons. The van der Waals surface area contributed by atoms with Gasteiger partial charge in [0.2, 0.25) is 0 Å². The zero-order valence-electron chi connectivity index (χ0n) is 7.25. The van der Waals surface area contributed by atoms with Crippen molar-refractivity contribution < 1.29 is 9.84 Å². The fourth-order valence-corrected chi connectivity index (χ4v) is 1.33. The van der Waals surface area contributed by atoms with Crippen molar-refractivity contribution in [3.63, 3.8) is 0 Å². The van der Waals surface area contributed by atoms with Gasteiger partial charge in [-0.05, 0) is 25.2 Å². The van der Waals surface area contributed by atoms with E-state index >= 15 is 0 Å². The second-order valence-electron chi connectivity index (χ2n) is 3.42. The number of ether oxygens (including phenoxy) is 1. The van der Waals surface area contributed by atoms with Crippen molar-refractivity contribution in [3.05, 3.63) is 0 Å². The second-order valence-corrected chi connectivity index (χ2v) is 3.42. The lowest BCUT2D eigenvalue weighted by Gasteiger charge is -2.30. The third kappa shape index (κ3) is 3.21. The van der Waals surface area contributed by atoms with Crippen LogP contribution in [0.25, 0.3) is 0 Å². The van der Waals surface area contributed by atoms with Crippen LogP contribution in [-0.2, 0) is 4.74 Å². The normalized spacial score (nSPS) is 30.0. The molecule has 1 N–H and O–H groups in total. The summed E-state index contributed by atoms with van der Waals surface area (Å²) in [5.74, 6) is 0.641. The van der Waals surface area contributed by atoms with Crippen LogP contribution in [0.15, 0.2) is 0 Å². The maximum atomic E-state index is 8.97. The monoisotopic (exact) mass is 158 g/mol. The van der Waals surface area contributed by atoms with E-state index in [1.54, 1.807) is 0 Å². The van der Waals surface area contributed by atoms with Crippen molar-refractivity contribution in [2.24, 2.45) is 5.92 Å². The molecule has 2 heteroatoms. The Morgan fingerprint density at radius 2 is 2.18 bits per heavy atom. The summed E-state index contributed by atoms with van der Waals surface area (Å²) < 4.78 is 5.42. The number of rotatable bonds is 5. The van der Waals surface area contributed by atoms with Gasteiger partial charge in [0.25, 0.3) is 0 Å². The summed E-state index contributed by atoms with van der Waals surface area (Å²) in [6.45, 7) is 3.91. The van der Waals surface area contributed by atoms with Crippen molar-refractivity contribution in [1.29, 1.82) is 0 Å². The molecule has 1 aliphatic carbocycles. The highest BCUT2D eigenvalue weighted by Gasteiger charge is 2.26. The molecular weight excluding hydrogens is 140 g/mol. The minimum absolute atomic E-state index is 0.0326. The molecule has 2 nitrogen and oxygen atoms in total. The Morgan fingerprint density at radius 1 is 1.45 bits per heavy atom. The van der Waals surface area contributed by atoms with Crippen molar-refractivity contribution >= 4 is 0 Å². The highest BCUT2D eigenvalue weighted by molar-refractivity contribution is 4.77. The fraction of sp³-hybridized carbons (Fsp3) is 1.00. The highest BCUT2D eigenvalue weighted by Crippen LogP contribution is 2.26. The third-order valence-corrected chi connectivity index (χ3v) is 2.21. The molecular formula is C9H18O2. The summed E-state index contributed by atoms with van der Waals surface area (Å²) in [5, 5.41) is 8.97. The van der Waals surface area contributed by atoms with Gasteiger partial charge in [0, 0.05) is 13.2 Å². The largest absolute Gasteiger partial charge is 0.393 e. The SMILES string of the molecule is CCCCOCC1CC(O)C1. The maximum Gasteiger partial charge on any atom is 0.0547 e. The first-order chi connectivity index (χ1) is 5.33. The fourth-order valence-electron chi connectivity index (χ4n) is 1.33. The quantitative estimate of drug-likeness (QED) is 0.615. The number of hydrogen-bond acceptors (Lipinski definition) is 2. The predicted molar refractivity (Wildman–Crippen MR) is 44.5 cm³/mol. The molecule has 0 heterocycles. The van der Waals surface area contributed by atoms with Crippen LogP contribution in [0, 0.1) is 5.92 Å². The Bertz CT molecular complexity index is 97.7.